The molecule has 0 unspecified atom stereocenters. The first-order valence-electron chi connectivity index (χ1n) is 9.40. The van der Waals surface area contributed by atoms with Gasteiger partial charge in [0, 0.05) is 37.9 Å². The van der Waals surface area contributed by atoms with Crippen molar-refractivity contribution in [3.8, 4) is 22.9 Å². The summed E-state index contributed by atoms with van der Waals surface area (Å²) in [7, 11) is 3.25. The van der Waals surface area contributed by atoms with Crippen LogP contribution in [0, 0.1) is 0 Å². The molecule has 4 rings (SSSR count). The SMILES string of the molecule is COc1ccc(-c2nnc3c(NCCN4CCOCC4)cccn23)cc1OC. The maximum atomic E-state index is 5.41. The number of nitrogens with zero attached hydrogens (tertiary/aromatic N) is 4. The zero-order chi connectivity index (χ0) is 19.3. The summed E-state index contributed by atoms with van der Waals surface area (Å²) in [6.07, 6.45) is 1.97. The number of pyridine rings is 1. The van der Waals surface area contributed by atoms with Crippen LogP contribution in [0.5, 0.6) is 11.5 Å². The lowest BCUT2D eigenvalue weighted by atomic mass is 10.2. The fourth-order valence-electron chi connectivity index (χ4n) is 3.40. The molecule has 1 aliphatic rings. The molecule has 0 aliphatic carbocycles. The average Bonchev–Trinajstić information content (AvgIpc) is 3.19. The molecule has 1 saturated heterocycles. The number of rotatable bonds is 7. The molecular weight excluding hydrogens is 358 g/mol. The third-order valence-corrected chi connectivity index (χ3v) is 4.92. The maximum Gasteiger partial charge on any atom is 0.184 e. The fourth-order valence-corrected chi connectivity index (χ4v) is 3.40. The minimum absolute atomic E-state index is 0.663. The van der Waals surface area contributed by atoms with E-state index in [1.165, 1.54) is 0 Å². The van der Waals surface area contributed by atoms with E-state index in [0.29, 0.717) is 11.5 Å². The first-order valence-corrected chi connectivity index (χ1v) is 9.40. The van der Waals surface area contributed by atoms with Crippen LogP contribution in [-0.2, 0) is 4.74 Å². The summed E-state index contributed by atoms with van der Waals surface area (Å²) in [5.74, 6) is 2.11. The molecule has 28 heavy (non-hydrogen) atoms. The van der Waals surface area contributed by atoms with Crippen LogP contribution in [0.2, 0.25) is 0 Å². The zero-order valence-electron chi connectivity index (χ0n) is 16.2. The Bertz CT molecular complexity index is 937. The molecule has 3 aromatic rings. The third-order valence-electron chi connectivity index (χ3n) is 4.92. The van der Waals surface area contributed by atoms with Gasteiger partial charge in [-0.1, -0.05) is 0 Å². The van der Waals surface area contributed by atoms with Crippen molar-refractivity contribution in [1.82, 2.24) is 19.5 Å². The summed E-state index contributed by atoms with van der Waals surface area (Å²) in [4.78, 5) is 2.40. The van der Waals surface area contributed by atoms with Crippen molar-refractivity contribution in [2.24, 2.45) is 0 Å². The molecule has 1 fully saturated rings. The average molecular weight is 383 g/mol. The van der Waals surface area contributed by atoms with E-state index < -0.39 is 0 Å². The van der Waals surface area contributed by atoms with Crippen molar-refractivity contribution in [2.75, 3.05) is 58.9 Å². The highest BCUT2D eigenvalue weighted by Crippen LogP contribution is 2.32. The van der Waals surface area contributed by atoms with E-state index in [0.717, 1.165) is 62.1 Å². The molecule has 3 heterocycles. The molecule has 0 bridgehead atoms. The molecule has 1 aliphatic heterocycles. The molecular formula is C20H25N5O3. The van der Waals surface area contributed by atoms with Gasteiger partial charge in [0.1, 0.15) is 0 Å². The van der Waals surface area contributed by atoms with Crippen LogP contribution < -0.4 is 14.8 Å². The maximum absolute atomic E-state index is 5.41. The van der Waals surface area contributed by atoms with Crippen molar-refractivity contribution in [1.29, 1.82) is 0 Å². The van der Waals surface area contributed by atoms with Gasteiger partial charge in [0.15, 0.2) is 23.0 Å². The first-order chi connectivity index (χ1) is 13.8. The summed E-state index contributed by atoms with van der Waals surface area (Å²) in [6.45, 7) is 5.42. The van der Waals surface area contributed by atoms with Gasteiger partial charge in [-0.05, 0) is 30.3 Å². The minimum Gasteiger partial charge on any atom is -0.493 e. The highest BCUT2D eigenvalue weighted by atomic mass is 16.5. The van der Waals surface area contributed by atoms with Crippen molar-refractivity contribution in [3.05, 3.63) is 36.5 Å². The third kappa shape index (κ3) is 3.74. The second kappa shape index (κ2) is 8.45. The number of nitrogens with one attached hydrogen (secondary N) is 1. The normalized spacial score (nSPS) is 14.9. The molecule has 148 valence electrons. The Morgan fingerprint density at radius 2 is 1.89 bits per heavy atom. The van der Waals surface area contributed by atoms with Crippen LogP contribution in [0.1, 0.15) is 0 Å². The van der Waals surface area contributed by atoms with Crippen LogP contribution in [0.15, 0.2) is 36.5 Å². The van der Waals surface area contributed by atoms with Gasteiger partial charge >= 0.3 is 0 Å². The van der Waals surface area contributed by atoms with Crippen LogP contribution >= 0.6 is 0 Å². The number of aromatic nitrogens is 3. The number of methoxy groups -OCH3 is 2. The number of ether oxygens (including phenoxy) is 3. The van der Waals surface area contributed by atoms with Crippen LogP contribution in [-0.4, -0.2) is 73.1 Å². The Kier molecular flexibility index (Phi) is 5.59. The summed E-state index contributed by atoms with van der Waals surface area (Å²) >= 11 is 0. The summed E-state index contributed by atoms with van der Waals surface area (Å²) in [6, 6.07) is 9.77. The van der Waals surface area contributed by atoms with Crippen molar-refractivity contribution in [3.63, 3.8) is 0 Å². The lowest BCUT2D eigenvalue weighted by Crippen LogP contribution is -2.39. The number of benzene rings is 1. The summed E-state index contributed by atoms with van der Waals surface area (Å²) in [5.41, 5.74) is 2.68. The molecule has 0 saturated carbocycles. The molecule has 0 amide bonds. The molecule has 1 aromatic carbocycles. The highest BCUT2D eigenvalue weighted by molar-refractivity contribution is 5.72. The smallest absolute Gasteiger partial charge is 0.184 e. The van der Waals surface area contributed by atoms with Crippen molar-refractivity contribution < 1.29 is 14.2 Å². The lowest BCUT2D eigenvalue weighted by Gasteiger charge is -2.26. The van der Waals surface area contributed by atoms with E-state index in [2.05, 4.69) is 20.4 Å². The Hall–Kier alpha value is -2.84. The molecule has 8 heteroatoms. The summed E-state index contributed by atoms with van der Waals surface area (Å²) < 4.78 is 18.1. The van der Waals surface area contributed by atoms with Crippen LogP contribution in [0.25, 0.3) is 17.0 Å². The van der Waals surface area contributed by atoms with Crippen molar-refractivity contribution >= 4 is 11.3 Å². The molecule has 0 spiro atoms. The van der Waals surface area contributed by atoms with E-state index in [9.17, 15) is 0 Å². The fraction of sp³-hybridized carbons (Fsp3) is 0.400. The largest absolute Gasteiger partial charge is 0.493 e. The summed E-state index contributed by atoms with van der Waals surface area (Å²) in [5, 5.41) is 12.3. The van der Waals surface area contributed by atoms with E-state index >= 15 is 0 Å². The van der Waals surface area contributed by atoms with Crippen molar-refractivity contribution in [2.45, 2.75) is 0 Å². The van der Waals surface area contributed by atoms with Gasteiger partial charge in [0.2, 0.25) is 0 Å². The molecule has 1 N–H and O–H groups in total. The number of hydrogen-bond donors (Lipinski definition) is 1. The van der Waals surface area contributed by atoms with Gasteiger partial charge in [-0.3, -0.25) is 9.30 Å². The number of fused-ring (bicyclic) bond motifs is 1. The molecule has 0 atom stereocenters. The van der Waals surface area contributed by atoms with Gasteiger partial charge in [-0.15, -0.1) is 10.2 Å². The quantitative estimate of drug-likeness (QED) is 0.670. The number of anilines is 1. The van der Waals surface area contributed by atoms with Gasteiger partial charge < -0.3 is 19.5 Å². The van der Waals surface area contributed by atoms with E-state index in [1.807, 2.05) is 40.9 Å². The number of morpholine rings is 1. The standard InChI is InChI=1S/C20H25N5O3/c1-26-17-6-5-15(14-18(17)27-2)19-22-23-20-16(4-3-8-25(19)20)21-7-9-24-10-12-28-13-11-24/h3-6,8,14,21H,7,9-13H2,1-2H3. The van der Waals surface area contributed by atoms with Gasteiger partial charge in [0.05, 0.1) is 33.1 Å². The Morgan fingerprint density at radius 1 is 1.07 bits per heavy atom. The predicted octanol–water partition coefficient (Wildman–Crippen LogP) is 2.16. The molecule has 8 nitrogen and oxygen atoms in total. The Labute approximate surface area is 164 Å². The van der Waals surface area contributed by atoms with E-state index in [4.69, 9.17) is 14.2 Å². The second-order valence-electron chi connectivity index (χ2n) is 6.59. The van der Waals surface area contributed by atoms with Crippen LogP contribution in [0.3, 0.4) is 0 Å². The van der Waals surface area contributed by atoms with Crippen LogP contribution in [0.4, 0.5) is 5.69 Å². The van der Waals surface area contributed by atoms with Gasteiger partial charge in [0.25, 0.3) is 0 Å². The van der Waals surface area contributed by atoms with E-state index in [1.54, 1.807) is 14.2 Å². The first kappa shape index (κ1) is 18.5. The second-order valence-corrected chi connectivity index (χ2v) is 6.59. The highest BCUT2D eigenvalue weighted by Gasteiger charge is 2.14. The van der Waals surface area contributed by atoms with E-state index in [-0.39, 0.29) is 0 Å². The Balaban J connectivity index is 1.55. The molecule has 2 aromatic heterocycles. The molecule has 0 radical (unpaired) electrons. The number of hydrogen-bond acceptors (Lipinski definition) is 7. The van der Waals surface area contributed by atoms with Gasteiger partial charge in [-0.2, -0.15) is 0 Å². The lowest BCUT2D eigenvalue weighted by molar-refractivity contribution is 0.0398. The van der Waals surface area contributed by atoms with Gasteiger partial charge in [-0.25, -0.2) is 0 Å². The topological polar surface area (TPSA) is 73.2 Å². The Morgan fingerprint density at radius 3 is 2.68 bits per heavy atom. The zero-order valence-corrected chi connectivity index (χ0v) is 16.2. The minimum atomic E-state index is 0.663. The predicted molar refractivity (Wildman–Crippen MR) is 107 cm³/mol. The monoisotopic (exact) mass is 383 g/mol.